The second kappa shape index (κ2) is 36.9. The molecular weight excluding hydrogens is 588 g/mol. The lowest BCUT2D eigenvalue weighted by atomic mass is 10.0. The number of hydrogen-bond donors (Lipinski definition) is 1. The predicted molar refractivity (Wildman–Crippen MR) is 187 cm³/mol. The highest BCUT2D eigenvalue weighted by Gasteiger charge is 2.07. The van der Waals surface area contributed by atoms with Gasteiger partial charge in [-0.2, -0.15) is 0 Å². The second-order valence-electron chi connectivity index (χ2n) is 9.50. The Hall–Kier alpha value is -4.24. The van der Waals surface area contributed by atoms with E-state index in [2.05, 4.69) is 63.1 Å². The van der Waals surface area contributed by atoms with Crippen molar-refractivity contribution in [2.24, 2.45) is 5.92 Å². The highest BCUT2D eigenvalue weighted by Crippen LogP contribution is 2.12. The third-order valence-corrected chi connectivity index (χ3v) is 5.32. The van der Waals surface area contributed by atoms with E-state index >= 15 is 0 Å². The van der Waals surface area contributed by atoms with Crippen molar-refractivity contribution in [3.8, 4) is 0 Å². The molecule has 0 fully saturated rings. The molecule has 1 N–H and O–H groups in total. The molecule has 0 spiro atoms. The average molecular weight is 647 g/mol. The van der Waals surface area contributed by atoms with E-state index in [0.29, 0.717) is 30.3 Å². The van der Waals surface area contributed by atoms with Crippen LogP contribution in [0.25, 0.3) is 6.08 Å². The molecule has 1 unspecified atom stereocenters. The monoisotopic (exact) mass is 646 g/mol. The Morgan fingerprint density at radius 2 is 1.30 bits per heavy atom. The zero-order valence-electron chi connectivity index (χ0n) is 29.0. The number of unbranched alkanes of at least 4 members (excludes halogenated alkanes) is 2. The Morgan fingerprint density at radius 1 is 0.783 bits per heavy atom. The lowest BCUT2D eigenvalue weighted by Gasteiger charge is -2.13. The normalized spacial score (nSPS) is 9.46. The Kier molecular flexibility index (Phi) is 39.1. The first-order valence-corrected chi connectivity index (χ1v) is 15.3. The highest BCUT2D eigenvalue weighted by molar-refractivity contribution is 5.87. The molecule has 0 aromatic heterocycles. The Labute approximate surface area is 277 Å². The van der Waals surface area contributed by atoms with Crippen molar-refractivity contribution in [2.75, 3.05) is 33.5 Å². The van der Waals surface area contributed by atoms with Gasteiger partial charge >= 0.3 is 23.9 Å². The van der Waals surface area contributed by atoms with Crippen LogP contribution in [0.1, 0.15) is 78.7 Å². The quantitative estimate of drug-likeness (QED) is 0.0836. The Bertz CT molecular complexity index is 997. The van der Waals surface area contributed by atoms with Crippen LogP contribution in [0.2, 0.25) is 0 Å². The molecule has 0 amide bonds. The van der Waals surface area contributed by atoms with Gasteiger partial charge in [-0.3, -0.25) is 0 Å². The molecule has 260 valence electrons. The van der Waals surface area contributed by atoms with Crippen molar-refractivity contribution in [3.63, 3.8) is 0 Å². The number of ether oxygens (including phenoxy) is 4. The average Bonchev–Trinajstić information content (AvgIpc) is 3.08. The number of carbonyl (C=O) groups excluding carboxylic acids is 4. The van der Waals surface area contributed by atoms with Gasteiger partial charge in [-0.15, -0.1) is 0 Å². The minimum absolute atomic E-state index is 0.0465. The van der Waals surface area contributed by atoms with Gasteiger partial charge < -0.3 is 24.1 Å². The lowest BCUT2D eigenvalue weighted by molar-refractivity contribution is -0.140. The summed E-state index contributed by atoms with van der Waals surface area (Å²) < 4.78 is 18.4. The number of hydrogen-bond acceptors (Lipinski definition) is 9. The molecule has 46 heavy (non-hydrogen) atoms. The number of benzene rings is 1. The van der Waals surface area contributed by atoms with Crippen LogP contribution in [-0.4, -0.2) is 62.5 Å². The van der Waals surface area contributed by atoms with Gasteiger partial charge in [-0.25, -0.2) is 19.2 Å². The standard InChI is InChI=1S/C11H20O2.C8H14O2.C8H8.C5H8O3.C5H8O2/c1-4-7-8-10(5-2)9-13-11(12)6-3;1-4-5-6-10-8(9)7(2)3;1-2-8-6-4-3-5-7-8;1-2-5(7)8-4-3-6;1-4(2)5(6)7-3/h6,10H,3-5,7-9H2,1-2H3;2,4-6H2,1,3H3;2-7H,1H2;2,6H,1,3-4H2;1H2,2-3H3. The molecule has 0 aliphatic heterocycles. The van der Waals surface area contributed by atoms with Crippen molar-refractivity contribution in [1.82, 2.24) is 0 Å². The summed E-state index contributed by atoms with van der Waals surface area (Å²) in [6, 6.07) is 10.0. The van der Waals surface area contributed by atoms with E-state index in [9.17, 15) is 19.2 Å². The number of carbonyl (C=O) groups is 4. The molecule has 0 heterocycles. The summed E-state index contributed by atoms with van der Waals surface area (Å²) in [4.78, 5) is 41.8. The van der Waals surface area contributed by atoms with Crippen molar-refractivity contribution in [3.05, 3.63) is 92.1 Å². The first-order chi connectivity index (χ1) is 21.8. The number of aliphatic hydroxyl groups is 1. The van der Waals surface area contributed by atoms with E-state index in [4.69, 9.17) is 14.6 Å². The van der Waals surface area contributed by atoms with Crippen LogP contribution in [0.5, 0.6) is 0 Å². The molecule has 1 aromatic rings. The molecule has 1 atom stereocenters. The van der Waals surface area contributed by atoms with Gasteiger partial charge in [0.15, 0.2) is 0 Å². The van der Waals surface area contributed by atoms with E-state index in [0.717, 1.165) is 31.8 Å². The number of aliphatic hydroxyl groups excluding tert-OH is 1. The third kappa shape index (κ3) is 37.8. The first-order valence-electron chi connectivity index (χ1n) is 15.3. The molecule has 0 radical (unpaired) electrons. The van der Waals surface area contributed by atoms with E-state index in [1.165, 1.54) is 31.6 Å². The van der Waals surface area contributed by atoms with E-state index < -0.39 is 5.97 Å². The molecule has 0 saturated carbocycles. The Morgan fingerprint density at radius 3 is 1.65 bits per heavy atom. The SMILES string of the molecule is C=C(C)C(=O)OC.C=C(C)C(=O)OCCCC.C=CC(=O)OCC(CC)CCCC.C=CC(=O)OCCO.C=Cc1ccccc1. The lowest BCUT2D eigenvalue weighted by Crippen LogP contribution is -2.12. The maximum Gasteiger partial charge on any atom is 0.333 e. The zero-order chi connectivity index (χ0) is 36.2. The third-order valence-electron chi connectivity index (χ3n) is 5.32. The van der Waals surface area contributed by atoms with Gasteiger partial charge in [0.1, 0.15) is 6.61 Å². The molecule has 0 aliphatic rings. The van der Waals surface area contributed by atoms with Gasteiger partial charge in [0.25, 0.3) is 0 Å². The summed E-state index contributed by atoms with van der Waals surface area (Å²) >= 11 is 0. The summed E-state index contributed by atoms with van der Waals surface area (Å²) in [5.74, 6) is -0.925. The summed E-state index contributed by atoms with van der Waals surface area (Å²) in [5, 5.41) is 8.10. The minimum atomic E-state index is -0.501. The largest absolute Gasteiger partial charge is 0.466 e. The second-order valence-corrected chi connectivity index (χ2v) is 9.50. The van der Waals surface area contributed by atoms with Crippen LogP contribution in [0.15, 0.2) is 86.5 Å². The van der Waals surface area contributed by atoms with E-state index in [1.54, 1.807) is 13.8 Å². The molecule has 9 nitrogen and oxygen atoms in total. The number of methoxy groups -OCH3 is 1. The van der Waals surface area contributed by atoms with Crippen LogP contribution in [-0.2, 0) is 38.1 Å². The number of rotatable bonds is 16. The molecule has 1 rings (SSSR count). The van der Waals surface area contributed by atoms with E-state index in [1.807, 2.05) is 36.4 Å². The van der Waals surface area contributed by atoms with Crippen LogP contribution < -0.4 is 0 Å². The Balaban J connectivity index is -0.000000244. The zero-order valence-corrected chi connectivity index (χ0v) is 29.0. The van der Waals surface area contributed by atoms with Crippen molar-refractivity contribution >= 4 is 30.0 Å². The first kappa shape index (κ1) is 48.7. The predicted octanol–water partition coefficient (Wildman–Crippen LogP) is 7.61. The molecule has 0 aliphatic carbocycles. The van der Waals surface area contributed by atoms with Crippen molar-refractivity contribution in [2.45, 2.75) is 73.1 Å². The summed E-state index contributed by atoms with van der Waals surface area (Å²) in [6.45, 7) is 27.5. The molecule has 9 heteroatoms. The fraction of sp³-hybridized carbons (Fsp3) is 0.459. The maximum atomic E-state index is 10.8. The highest BCUT2D eigenvalue weighted by atomic mass is 16.5. The van der Waals surface area contributed by atoms with Gasteiger partial charge in [-0.1, -0.05) is 116 Å². The van der Waals surface area contributed by atoms with Crippen LogP contribution in [0, 0.1) is 5.92 Å². The van der Waals surface area contributed by atoms with Gasteiger partial charge in [0, 0.05) is 23.3 Å². The van der Waals surface area contributed by atoms with Gasteiger partial charge in [-0.05, 0) is 38.2 Å². The van der Waals surface area contributed by atoms with Crippen molar-refractivity contribution < 1.29 is 43.2 Å². The van der Waals surface area contributed by atoms with Gasteiger partial charge in [0.2, 0.25) is 0 Å². The van der Waals surface area contributed by atoms with Crippen LogP contribution in [0.3, 0.4) is 0 Å². The molecule has 0 bridgehead atoms. The summed E-state index contributed by atoms with van der Waals surface area (Å²) in [6.07, 6.45) is 10.7. The number of esters is 4. The fourth-order valence-electron chi connectivity index (χ4n) is 2.56. The van der Waals surface area contributed by atoms with Crippen molar-refractivity contribution in [1.29, 1.82) is 0 Å². The van der Waals surface area contributed by atoms with E-state index in [-0.39, 0.29) is 31.1 Å². The van der Waals surface area contributed by atoms with Crippen LogP contribution >= 0.6 is 0 Å². The molecular formula is C37H58O9. The molecule has 1 aromatic carbocycles. The maximum absolute atomic E-state index is 10.8. The van der Waals surface area contributed by atoms with Gasteiger partial charge in [0.05, 0.1) is 26.9 Å². The molecule has 0 saturated heterocycles. The fourth-order valence-corrected chi connectivity index (χ4v) is 2.56. The smallest absolute Gasteiger partial charge is 0.333 e. The minimum Gasteiger partial charge on any atom is -0.466 e. The summed E-state index contributed by atoms with van der Waals surface area (Å²) in [5.41, 5.74) is 2.08. The summed E-state index contributed by atoms with van der Waals surface area (Å²) in [7, 11) is 1.33. The van der Waals surface area contributed by atoms with Crippen LogP contribution in [0.4, 0.5) is 0 Å². The topological polar surface area (TPSA) is 125 Å².